The van der Waals surface area contributed by atoms with Crippen molar-refractivity contribution in [3.05, 3.63) is 29.3 Å². The van der Waals surface area contributed by atoms with Crippen LogP contribution in [-0.4, -0.2) is 0 Å². The maximum atomic E-state index is 8.65. The van der Waals surface area contributed by atoms with Crippen LogP contribution in [0.3, 0.4) is 0 Å². The van der Waals surface area contributed by atoms with Crippen LogP contribution >= 0.6 is 0 Å². The van der Waals surface area contributed by atoms with Crippen LogP contribution in [0.25, 0.3) is 0 Å². The molecule has 0 heterocycles. The first-order valence-corrected chi connectivity index (χ1v) is 3.60. The van der Waals surface area contributed by atoms with Gasteiger partial charge in [0, 0.05) is 5.69 Å². The topological polar surface area (TPSA) is 49.8 Å². The number of anilines is 1. The van der Waals surface area contributed by atoms with Crippen LogP contribution in [0.15, 0.2) is 18.2 Å². The van der Waals surface area contributed by atoms with Crippen LogP contribution in [-0.2, 0) is 6.42 Å². The fourth-order valence-electron chi connectivity index (χ4n) is 1.54. The second kappa shape index (κ2) is 2.00. The predicted octanol–water partition coefficient (Wildman–Crippen LogP) is 1.43. The Bertz CT molecular complexity index is 322. The zero-order valence-corrected chi connectivity index (χ0v) is 6.04. The van der Waals surface area contributed by atoms with Gasteiger partial charge in [0.1, 0.15) is 0 Å². The largest absolute Gasteiger partial charge is 0.398 e. The number of nitriles is 1. The average Bonchev–Trinajstić information content (AvgIpc) is 1.93. The van der Waals surface area contributed by atoms with Crippen molar-refractivity contribution in [2.24, 2.45) is 0 Å². The van der Waals surface area contributed by atoms with Crippen LogP contribution < -0.4 is 5.73 Å². The van der Waals surface area contributed by atoms with Gasteiger partial charge in [0.05, 0.1) is 12.0 Å². The normalized spacial score (nSPS) is 19.7. The van der Waals surface area contributed by atoms with Crippen molar-refractivity contribution < 1.29 is 0 Å². The Morgan fingerprint density at radius 2 is 2.36 bits per heavy atom. The Labute approximate surface area is 65.3 Å². The lowest BCUT2D eigenvalue weighted by Gasteiger charge is -2.25. The monoisotopic (exact) mass is 144 g/mol. The van der Waals surface area contributed by atoms with E-state index in [-0.39, 0.29) is 5.92 Å². The molecule has 0 saturated carbocycles. The minimum Gasteiger partial charge on any atom is -0.398 e. The number of hydrogen-bond donors (Lipinski definition) is 1. The van der Waals surface area contributed by atoms with Gasteiger partial charge in [0.25, 0.3) is 0 Å². The van der Waals surface area contributed by atoms with Gasteiger partial charge in [0.15, 0.2) is 0 Å². The van der Waals surface area contributed by atoms with E-state index in [0.29, 0.717) is 0 Å². The summed E-state index contributed by atoms with van der Waals surface area (Å²) in [7, 11) is 0. The van der Waals surface area contributed by atoms with E-state index in [2.05, 4.69) is 6.07 Å². The molecule has 0 saturated heterocycles. The molecule has 0 aromatic heterocycles. The van der Waals surface area contributed by atoms with E-state index in [9.17, 15) is 0 Å². The Hall–Kier alpha value is -1.49. The maximum Gasteiger partial charge on any atom is 0.0775 e. The number of rotatable bonds is 0. The molecule has 0 bridgehead atoms. The SMILES string of the molecule is N#CC1Cc2cccc(N)c21. The first-order valence-electron chi connectivity index (χ1n) is 3.60. The molecule has 0 fully saturated rings. The molecule has 0 spiro atoms. The summed E-state index contributed by atoms with van der Waals surface area (Å²) in [6, 6.07) is 8.03. The van der Waals surface area contributed by atoms with Gasteiger partial charge in [-0.15, -0.1) is 0 Å². The molecular weight excluding hydrogens is 136 g/mol. The van der Waals surface area contributed by atoms with Crippen molar-refractivity contribution in [3.63, 3.8) is 0 Å². The average molecular weight is 144 g/mol. The number of nitrogens with zero attached hydrogens (tertiary/aromatic N) is 1. The van der Waals surface area contributed by atoms with E-state index in [1.165, 1.54) is 5.56 Å². The van der Waals surface area contributed by atoms with E-state index in [0.717, 1.165) is 17.7 Å². The number of fused-ring (bicyclic) bond motifs is 1. The molecule has 54 valence electrons. The number of nitrogen functional groups attached to an aromatic ring is 1. The minimum atomic E-state index is 0.0474. The zero-order valence-electron chi connectivity index (χ0n) is 6.04. The van der Waals surface area contributed by atoms with Gasteiger partial charge in [-0.05, 0) is 23.6 Å². The fourth-order valence-corrected chi connectivity index (χ4v) is 1.54. The van der Waals surface area contributed by atoms with E-state index >= 15 is 0 Å². The van der Waals surface area contributed by atoms with Gasteiger partial charge in [-0.1, -0.05) is 12.1 Å². The third-order valence-corrected chi connectivity index (χ3v) is 2.16. The molecule has 11 heavy (non-hydrogen) atoms. The molecule has 0 amide bonds. The summed E-state index contributed by atoms with van der Waals surface area (Å²) in [5.41, 5.74) is 8.73. The standard InChI is InChI=1S/C9H8N2/c10-5-7-4-6-2-1-3-8(11)9(6)7/h1-3,7H,4,11H2. The van der Waals surface area contributed by atoms with Crippen molar-refractivity contribution in [1.29, 1.82) is 5.26 Å². The molecule has 2 heteroatoms. The van der Waals surface area contributed by atoms with Crippen LogP contribution in [0.2, 0.25) is 0 Å². The second-order valence-electron chi connectivity index (χ2n) is 2.81. The van der Waals surface area contributed by atoms with Gasteiger partial charge < -0.3 is 5.73 Å². The maximum absolute atomic E-state index is 8.65. The highest BCUT2D eigenvalue weighted by atomic mass is 14.6. The molecule has 2 N–H and O–H groups in total. The molecule has 0 radical (unpaired) electrons. The third-order valence-electron chi connectivity index (χ3n) is 2.16. The van der Waals surface area contributed by atoms with Crippen molar-refractivity contribution in [2.75, 3.05) is 5.73 Å². The highest BCUT2D eigenvalue weighted by Crippen LogP contribution is 2.38. The summed E-state index contributed by atoms with van der Waals surface area (Å²) in [6.07, 6.45) is 0.872. The van der Waals surface area contributed by atoms with Crippen molar-refractivity contribution in [2.45, 2.75) is 12.3 Å². The van der Waals surface area contributed by atoms with E-state index < -0.39 is 0 Å². The molecule has 1 aromatic carbocycles. The Balaban J connectivity index is 2.53. The van der Waals surface area contributed by atoms with Crippen molar-refractivity contribution in [3.8, 4) is 6.07 Å². The molecule has 1 aromatic rings. The molecule has 1 aliphatic carbocycles. The van der Waals surface area contributed by atoms with Crippen LogP contribution in [0.5, 0.6) is 0 Å². The first kappa shape index (κ1) is 6.23. The number of nitrogens with two attached hydrogens (primary N) is 1. The lowest BCUT2D eigenvalue weighted by Crippen LogP contribution is -2.17. The lowest BCUT2D eigenvalue weighted by atomic mass is 9.77. The van der Waals surface area contributed by atoms with Crippen LogP contribution in [0, 0.1) is 11.3 Å². The highest BCUT2D eigenvalue weighted by Gasteiger charge is 2.27. The third kappa shape index (κ3) is 0.712. The Kier molecular flexibility index (Phi) is 1.13. The highest BCUT2D eigenvalue weighted by molar-refractivity contribution is 5.60. The van der Waals surface area contributed by atoms with Gasteiger partial charge >= 0.3 is 0 Å². The predicted molar refractivity (Wildman–Crippen MR) is 42.9 cm³/mol. The molecule has 2 nitrogen and oxygen atoms in total. The lowest BCUT2D eigenvalue weighted by molar-refractivity contribution is 0.748. The van der Waals surface area contributed by atoms with Gasteiger partial charge in [-0.2, -0.15) is 5.26 Å². The molecule has 0 aliphatic heterocycles. The van der Waals surface area contributed by atoms with E-state index in [4.69, 9.17) is 11.0 Å². The van der Waals surface area contributed by atoms with Crippen molar-refractivity contribution in [1.82, 2.24) is 0 Å². The summed E-state index contributed by atoms with van der Waals surface area (Å²) in [4.78, 5) is 0. The second-order valence-corrected chi connectivity index (χ2v) is 2.81. The smallest absolute Gasteiger partial charge is 0.0775 e. The number of benzene rings is 1. The van der Waals surface area contributed by atoms with Gasteiger partial charge in [-0.25, -0.2) is 0 Å². The minimum absolute atomic E-state index is 0.0474. The van der Waals surface area contributed by atoms with Crippen LogP contribution in [0.1, 0.15) is 17.0 Å². The summed E-state index contributed by atoms with van der Waals surface area (Å²) in [5.74, 6) is 0.0474. The zero-order chi connectivity index (χ0) is 7.84. The fraction of sp³-hybridized carbons (Fsp3) is 0.222. The Morgan fingerprint density at radius 1 is 1.55 bits per heavy atom. The summed E-state index contributed by atoms with van der Waals surface area (Å²) in [5, 5.41) is 8.65. The summed E-state index contributed by atoms with van der Waals surface area (Å²) in [6.45, 7) is 0. The quantitative estimate of drug-likeness (QED) is 0.560. The van der Waals surface area contributed by atoms with E-state index in [1.54, 1.807) is 0 Å². The van der Waals surface area contributed by atoms with E-state index in [1.807, 2.05) is 18.2 Å². The summed E-state index contributed by atoms with van der Waals surface area (Å²) >= 11 is 0. The first-order chi connectivity index (χ1) is 5.33. The van der Waals surface area contributed by atoms with Crippen molar-refractivity contribution >= 4 is 5.69 Å². The number of hydrogen-bond acceptors (Lipinski definition) is 2. The Morgan fingerprint density at radius 3 is 3.00 bits per heavy atom. The molecular formula is C9H8N2. The molecule has 1 atom stereocenters. The van der Waals surface area contributed by atoms with Gasteiger partial charge in [0.2, 0.25) is 0 Å². The van der Waals surface area contributed by atoms with Gasteiger partial charge in [-0.3, -0.25) is 0 Å². The summed E-state index contributed by atoms with van der Waals surface area (Å²) < 4.78 is 0. The van der Waals surface area contributed by atoms with Crippen LogP contribution in [0.4, 0.5) is 5.69 Å². The molecule has 1 unspecified atom stereocenters. The molecule has 2 rings (SSSR count). The molecule has 1 aliphatic rings.